The van der Waals surface area contributed by atoms with Crippen LogP contribution in [0.25, 0.3) is 10.1 Å². The Morgan fingerprint density at radius 3 is 2.92 bits per heavy atom. The second-order valence-electron chi connectivity index (χ2n) is 6.74. The Kier molecular flexibility index (Phi) is 4.57. The maximum Gasteiger partial charge on any atom is 0.223 e. The molecule has 0 radical (unpaired) electrons. The lowest BCUT2D eigenvalue weighted by Gasteiger charge is -2.43. The van der Waals surface area contributed by atoms with Crippen molar-refractivity contribution in [2.75, 3.05) is 33.0 Å². The Bertz CT molecular complexity index is 720. The molecule has 1 unspecified atom stereocenters. The van der Waals surface area contributed by atoms with E-state index in [0.717, 1.165) is 25.9 Å². The third-order valence-corrected chi connectivity index (χ3v) is 6.20. The first-order valence-electron chi connectivity index (χ1n) is 8.70. The van der Waals surface area contributed by atoms with E-state index in [1.54, 1.807) is 11.3 Å². The fourth-order valence-electron chi connectivity index (χ4n) is 3.84. The average molecular weight is 345 g/mol. The molecule has 4 nitrogen and oxygen atoms in total. The summed E-state index contributed by atoms with van der Waals surface area (Å²) in [6, 6.07) is 8.50. The van der Waals surface area contributed by atoms with Crippen molar-refractivity contribution in [1.29, 1.82) is 0 Å². The predicted octanol–water partition coefficient (Wildman–Crippen LogP) is 3.24. The van der Waals surface area contributed by atoms with Gasteiger partial charge in [0.05, 0.1) is 25.4 Å². The van der Waals surface area contributed by atoms with E-state index >= 15 is 0 Å². The highest BCUT2D eigenvalue weighted by molar-refractivity contribution is 7.17. The molecule has 5 heteroatoms. The number of hydrogen-bond donors (Lipinski definition) is 0. The zero-order valence-corrected chi connectivity index (χ0v) is 14.6. The molecule has 2 aliphatic rings. The van der Waals surface area contributed by atoms with Crippen LogP contribution in [0, 0.1) is 0 Å². The number of carbonyl (C=O) groups is 1. The normalized spacial score (nSPS) is 24.1. The number of rotatable bonds is 4. The molecule has 1 atom stereocenters. The Morgan fingerprint density at radius 1 is 1.21 bits per heavy atom. The molecule has 4 rings (SSSR count). The largest absolute Gasteiger partial charge is 0.379 e. The summed E-state index contributed by atoms with van der Waals surface area (Å²) in [6.45, 7) is 3.31. The quantitative estimate of drug-likeness (QED) is 0.854. The minimum Gasteiger partial charge on any atom is -0.379 e. The van der Waals surface area contributed by atoms with Crippen molar-refractivity contribution >= 4 is 27.3 Å². The lowest BCUT2D eigenvalue weighted by molar-refractivity contribution is -0.149. The van der Waals surface area contributed by atoms with Crippen molar-refractivity contribution in [3.05, 3.63) is 35.2 Å². The molecule has 0 bridgehead atoms. The van der Waals surface area contributed by atoms with Crippen LogP contribution in [0.4, 0.5) is 0 Å². The third-order valence-electron chi connectivity index (χ3n) is 5.18. The fourth-order valence-corrected chi connectivity index (χ4v) is 4.83. The van der Waals surface area contributed by atoms with Gasteiger partial charge in [-0.2, -0.15) is 0 Å². The van der Waals surface area contributed by atoms with Gasteiger partial charge in [-0.05, 0) is 41.7 Å². The number of thiophene rings is 1. The highest BCUT2D eigenvalue weighted by Crippen LogP contribution is 2.31. The van der Waals surface area contributed by atoms with Gasteiger partial charge in [0.15, 0.2) is 0 Å². The summed E-state index contributed by atoms with van der Waals surface area (Å²) in [5.74, 6) is 0.253. The summed E-state index contributed by atoms with van der Waals surface area (Å²) < 4.78 is 12.5. The highest BCUT2D eigenvalue weighted by atomic mass is 32.1. The number of amides is 1. The summed E-state index contributed by atoms with van der Waals surface area (Å²) in [7, 11) is 0. The van der Waals surface area contributed by atoms with Crippen molar-refractivity contribution in [3.8, 4) is 0 Å². The first-order chi connectivity index (χ1) is 11.8. The number of ether oxygens (including phenoxy) is 2. The van der Waals surface area contributed by atoms with Gasteiger partial charge in [0.2, 0.25) is 5.91 Å². The summed E-state index contributed by atoms with van der Waals surface area (Å²) >= 11 is 1.79. The van der Waals surface area contributed by atoms with Crippen LogP contribution in [-0.4, -0.2) is 49.3 Å². The van der Waals surface area contributed by atoms with E-state index in [9.17, 15) is 4.79 Å². The van der Waals surface area contributed by atoms with Gasteiger partial charge in [-0.15, -0.1) is 11.3 Å². The Hall–Kier alpha value is -1.43. The molecule has 128 valence electrons. The number of nitrogens with zero attached hydrogens (tertiary/aromatic N) is 1. The van der Waals surface area contributed by atoms with Crippen LogP contribution < -0.4 is 0 Å². The molecule has 0 N–H and O–H groups in total. The van der Waals surface area contributed by atoms with E-state index in [1.807, 2.05) is 4.90 Å². The lowest BCUT2D eigenvalue weighted by Crippen LogP contribution is -2.59. The molecule has 0 aliphatic carbocycles. The molecular weight excluding hydrogens is 322 g/mol. The standard InChI is InChI=1S/C19H23NO3S/c21-18(20-9-11-23-14-19(20)8-10-22-13-19)7-3-4-15-12-24-17-6-2-1-5-16(15)17/h1-2,5-6,12H,3-4,7-11,13-14H2. The molecule has 0 saturated carbocycles. The first kappa shape index (κ1) is 16.1. The van der Waals surface area contributed by atoms with Crippen LogP contribution >= 0.6 is 11.3 Å². The molecule has 2 aromatic rings. The van der Waals surface area contributed by atoms with E-state index < -0.39 is 0 Å². The Labute approximate surface area is 146 Å². The smallest absolute Gasteiger partial charge is 0.223 e. The second kappa shape index (κ2) is 6.82. The second-order valence-corrected chi connectivity index (χ2v) is 7.65. The molecule has 1 spiro atoms. The van der Waals surface area contributed by atoms with Crippen LogP contribution in [0.2, 0.25) is 0 Å². The van der Waals surface area contributed by atoms with Crippen LogP contribution in [0.5, 0.6) is 0 Å². The van der Waals surface area contributed by atoms with Crippen molar-refractivity contribution in [1.82, 2.24) is 4.90 Å². The number of aryl methyl sites for hydroxylation is 1. The van der Waals surface area contributed by atoms with E-state index in [1.165, 1.54) is 15.6 Å². The Morgan fingerprint density at radius 2 is 2.04 bits per heavy atom. The highest BCUT2D eigenvalue weighted by Gasteiger charge is 2.45. The van der Waals surface area contributed by atoms with Crippen molar-refractivity contribution in [2.24, 2.45) is 0 Å². The van der Waals surface area contributed by atoms with E-state index in [-0.39, 0.29) is 11.4 Å². The summed E-state index contributed by atoms with van der Waals surface area (Å²) in [4.78, 5) is 14.8. The monoisotopic (exact) mass is 345 g/mol. The SMILES string of the molecule is O=C(CCCc1csc2ccccc12)N1CCOCC12CCOC2. The number of benzene rings is 1. The summed E-state index contributed by atoms with van der Waals surface area (Å²) in [5, 5.41) is 3.57. The molecular formula is C19H23NO3S. The summed E-state index contributed by atoms with van der Waals surface area (Å²) in [6.07, 6.45) is 3.36. The van der Waals surface area contributed by atoms with E-state index in [0.29, 0.717) is 32.8 Å². The molecule has 24 heavy (non-hydrogen) atoms. The first-order valence-corrected chi connectivity index (χ1v) is 9.58. The van der Waals surface area contributed by atoms with Gasteiger partial charge in [-0.1, -0.05) is 18.2 Å². The minimum absolute atomic E-state index is 0.204. The Balaban J connectivity index is 1.37. The van der Waals surface area contributed by atoms with Crippen LogP contribution in [0.15, 0.2) is 29.6 Å². The van der Waals surface area contributed by atoms with Gasteiger partial charge in [0, 0.05) is 24.3 Å². The zero-order valence-electron chi connectivity index (χ0n) is 13.8. The molecule has 2 saturated heterocycles. The van der Waals surface area contributed by atoms with E-state index in [2.05, 4.69) is 29.6 Å². The maximum absolute atomic E-state index is 12.8. The van der Waals surface area contributed by atoms with Gasteiger partial charge >= 0.3 is 0 Å². The summed E-state index contributed by atoms with van der Waals surface area (Å²) in [5.41, 5.74) is 1.16. The topological polar surface area (TPSA) is 38.8 Å². The van der Waals surface area contributed by atoms with Crippen molar-refractivity contribution < 1.29 is 14.3 Å². The van der Waals surface area contributed by atoms with Gasteiger partial charge in [-0.25, -0.2) is 0 Å². The molecule has 3 heterocycles. The van der Waals surface area contributed by atoms with Crippen LogP contribution in [-0.2, 0) is 20.7 Å². The van der Waals surface area contributed by atoms with Crippen LogP contribution in [0.3, 0.4) is 0 Å². The average Bonchev–Trinajstić information content (AvgIpc) is 3.23. The lowest BCUT2D eigenvalue weighted by atomic mass is 9.95. The van der Waals surface area contributed by atoms with Gasteiger partial charge in [0.1, 0.15) is 0 Å². The third kappa shape index (κ3) is 2.96. The molecule has 2 aliphatic heterocycles. The number of carbonyl (C=O) groups excluding carboxylic acids is 1. The van der Waals surface area contributed by atoms with Gasteiger partial charge in [0.25, 0.3) is 0 Å². The minimum atomic E-state index is -0.204. The van der Waals surface area contributed by atoms with Crippen molar-refractivity contribution in [2.45, 2.75) is 31.2 Å². The van der Waals surface area contributed by atoms with Gasteiger partial charge < -0.3 is 14.4 Å². The maximum atomic E-state index is 12.8. The van der Waals surface area contributed by atoms with E-state index in [4.69, 9.17) is 9.47 Å². The number of fused-ring (bicyclic) bond motifs is 1. The fraction of sp³-hybridized carbons (Fsp3) is 0.526. The zero-order chi connectivity index (χ0) is 16.4. The van der Waals surface area contributed by atoms with Gasteiger partial charge in [-0.3, -0.25) is 4.79 Å². The molecule has 1 aromatic carbocycles. The van der Waals surface area contributed by atoms with Crippen molar-refractivity contribution in [3.63, 3.8) is 0 Å². The predicted molar refractivity (Wildman–Crippen MR) is 95.5 cm³/mol. The molecule has 1 amide bonds. The molecule has 2 fully saturated rings. The van der Waals surface area contributed by atoms with Crippen LogP contribution in [0.1, 0.15) is 24.8 Å². The number of hydrogen-bond acceptors (Lipinski definition) is 4. The molecule has 1 aromatic heterocycles. The number of morpholine rings is 1.